The summed E-state index contributed by atoms with van der Waals surface area (Å²) in [5, 5.41) is 5.37. The smallest absolute Gasteiger partial charge is 0.251 e. The van der Waals surface area contributed by atoms with Crippen molar-refractivity contribution in [3.8, 4) is 11.5 Å². The Hall–Kier alpha value is -3.48. The van der Waals surface area contributed by atoms with E-state index in [9.17, 15) is 14.0 Å². The third-order valence-electron chi connectivity index (χ3n) is 4.41. The summed E-state index contributed by atoms with van der Waals surface area (Å²) in [5.41, 5.74) is 2.14. The minimum atomic E-state index is -0.427. The molecule has 3 aromatic rings. The van der Waals surface area contributed by atoms with Gasteiger partial charge in [0.15, 0.2) is 0 Å². The number of amides is 2. The van der Waals surface area contributed by atoms with E-state index >= 15 is 0 Å². The number of oxazole rings is 1. The predicted octanol–water partition coefficient (Wildman–Crippen LogP) is 3.19. The second-order valence-electron chi connectivity index (χ2n) is 6.63. The molecule has 0 aliphatic heterocycles. The van der Waals surface area contributed by atoms with Crippen molar-refractivity contribution in [2.45, 2.75) is 20.3 Å². The van der Waals surface area contributed by atoms with Crippen LogP contribution in [0.2, 0.25) is 0 Å². The Kier molecular flexibility index (Phi) is 6.39. The molecule has 0 saturated carbocycles. The lowest BCUT2D eigenvalue weighted by Crippen LogP contribution is -2.35. The Morgan fingerprint density at radius 2 is 1.76 bits per heavy atom. The van der Waals surface area contributed by atoms with Crippen molar-refractivity contribution in [1.29, 1.82) is 0 Å². The summed E-state index contributed by atoms with van der Waals surface area (Å²) in [6.45, 7) is 3.88. The van der Waals surface area contributed by atoms with E-state index in [4.69, 9.17) is 4.42 Å². The van der Waals surface area contributed by atoms with Crippen LogP contribution in [0.4, 0.5) is 4.39 Å². The summed E-state index contributed by atoms with van der Waals surface area (Å²) >= 11 is 0. The number of carbonyl (C=O) groups is 2. The number of halogens is 1. The number of carbonyl (C=O) groups excluding carboxylic acids is 2. The molecule has 3 rings (SSSR count). The Bertz CT molecular complexity index is 1020. The van der Waals surface area contributed by atoms with Gasteiger partial charge in [0.2, 0.25) is 11.8 Å². The van der Waals surface area contributed by atoms with E-state index < -0.39 is 11.7 Å². The van der Waals surface area contributed by atoms with Crippen molar-refractivity contribution in [1.82, 2.24) is 15.6 Å². The van der Waals surface area contributed by atoms with Gasteiger partial charge in [0.05, 0.1) is 12.1 Å². The zero-order valence-corrected chi connectivity index (χ0v) is 16.3. The largest absolute Gasteiger partial charge is 0.441 e. The maximum absolute atomic E-state index is 13.5. The van der Waals surface area contributed by atoms with Gasteiger partial charge in [-0.3, -0.25) is 9.59 Å². The number of nitrogens with zero attached hydrogens (tertiary/aromatic N) is 1. The first-order valence-electron chi connectivity index (χ1n) is 9.27. The lowest BCUT2D eigenvalue weighted by Gasteiger charge is -2.07. The van der Waals surface area contributed by atoms with Crippen LogP contribution >= 0.6 is 0 Å². The van der Waals surface area contributed by atoms with Crippen molar-refractivity contribution in [3.63, 3.8) is 0 Å². The van der Waals surface area contributed by atoms with E-state index in [1.807, 2.05) is 30.3 Å². The van der Waals surface area contributed by atoms with E-state index in [2.05, 4.69) is 15.6 Å². The molecule has 2 aromatic carbocycles. The minimum absolute atomic E-state index is 0.0826. The number of hydrogen-bond donors (Lipinski definition) is 2. The number of nitrogens with one attached hydrogen (secondary N) is 2. The zero-order valence-electron chi connectivity index (χ0n) is 16.3. The first-order chi connectivity index (χ1) is 13.9. The molecule has 1 aromatic heterocycles. The van der Waals surface area contributed by atoms with Crippen LogP contribution in [0.3, 0.4) is 0 Å². The van der Waals surface area contributed by atoms with Crippen LogP contribution in [-0.4, -0.2) is 29.9 Å². The second-order valence-corrected chi connectivity index (χ2v) is 6.63. The second kappa shape index (κ2) is 9.14. The van der Waals surface area contributed by atoms with Crippen LogP contribution in [0.25, 0.3) is 11.5 Å². The van der Waals surface area contributed by atoms with Crippen LogP contribution in [0.15, 0.2) is 52.9 Å². The summed E-state index contributed by atoms with van der Waals surface area (Å²) in [6.07, 6.45) is 0.0826. The highest BCUT2D eigenvalue weighted by atomic mass is 19.1. The Balaban J connectivity index is 1.46. The number of rotatable bonds is 7. The SMILES string of the molecule is Cc1ccc(C(=O)NCCNC(=O)Cc2nc(-c3ccccc3)oc2C)cc1F. The highest BCUT2D eigenvalue weighted by Crippen LogP contribution is 2.21. The van der Waals surface area contributed by atoms with Crippen molar-refractivity contribution >= 4 is 11.8 Å². The lowest BCUT2D eigenvalue weighted by molar-refractivity contribution is -0.120. The quantitative estimate of drug-likeness (QED) is 0.602. The number of benzene rings is 2. The third kappa shape index (κ3) is 5.28. The fourth-order valence-electron chi connectivity index (χ4n) is 2.72. The minimum Gasteiger partial charge on any atom is -0.441 e. The van der Waals surface area contributed by atoms with Gasteiger partial charge < -0.3 is 15.1 Å². The Morgan fingerprint density at radius 1 is 1.03 bits per heavy atom. The van der Waals surface area contributed by atoms with Crippen LogP contribution in [0.1, 0.15) is 27.4 Å². The first-order valence-corrected chi connectivity index (χ1v) is 9.27. The van der Waals surface area contributed by atoms with Crippen molar-refractivity contribution in [2.75, 3.05) is 13.1 Å². The van der Waals surface area contributed by atoms with E-state index in [1.54, 1.807) is 26.0 Å². The van der Waals surface area contributed by atoms with Gasteiger partial charge in [-0.05, 0) is 43.7 Å². The average molecular weight is 395 g/mol. The van der Waals surface area contributed by atoms with Crippen LogP contribution in [-0.2, 0) is 11.2 Å². The van der Waals surface area contributed by atoms with Gasteiger partial charge in [-0.1, -0.05) is 24.3 Å². The topological polar surface area (TPSA) is 84.2 Å². The molecular weight excluding hydrogens is 373 g/mol. The van der Waals surface area contributed by atoms with Gasteiger partial charge in [-0.2, -0.15) is 0 Å². The van der Waals surface area contributed by atoms with E-state index in [1.165, 1.54) is 6.07 Å². The monoisotopic (exact) mass is 395 g/mol. The fraction of sp³-hybridized carbons (Fsp3) is 0.227. The molecule has 0 aliphatic rings. The van der Waals surface area contributed by atoms with Gasteiger partial charge in [0.1, 0.15) is 11.6 Å². The normalized spacial score (nSPS) is 10.6. The molecule has 1 heterocycles. The summed E-state index contributed by atoms with van der Waals surface area (Å²) < 4.78 is 19.2. The van der Waals surface area contributed by atoms with Gasteiger partial charge in [-0.15, -0.1) is 0 Å². The van der Waals surface area contributed by atoms with Gasteiger partial charge in [-0.25, -0.2) is 9.37 Å². The molecule has 0 unspecified atom stereocenters. The molecule has 0 radical (unpaired) electrons. The lowest BCUT2D eigenvalue weighted by atomic mass is 10.1. The molecule has 0 atom stereocenters. The maximum atomic E-state index is 13.5. The summed E-state index contributed by atoms with van der Waals surface area (Å²) in [6, 6.07) is 13.8. The van der Waals surface area contributed by atoms with E-state index in [0.29, 0.717) is 22.9 Å². The van der Waals surface area contributed by atoms with Crippen LogP contribution in [0, 0.1) is 19.7 Å². The molecule has 0 aliphatic carbocycles. The van der Waals surface area contributed by atoms with Crippen molar-refractivity contribution in [2.24, 2.45) is 0 Å². The molecule has 0 bridgehead atoms. The number of aryl methyl sites for hydroxylation is 2. The van der Waals surface area contributed by atoms with Crippen LogP contribution < -0.4 is 10.6 Å². The number of hydrogen-bond acceptors (Lipinski definition) is 4. The summed E-state index contributed by atoms with van der Waals surface area (Å²) in [4.78, 5) is 28.6. The van der Waals surface area contributed by atoms with E-state index in [-0.39, 0.29) is 31.0 Å². The number of aromatic nitrogens is 1. The molecule has 150 valence electrons. The summed E-state index contributed by atoms with van der Waals surface area (Å²) in [5.74, 6) is 0.0237. The van der Waals surface area contributed by atoms with E-state index in [0.717, 1.165) is 5.56 Å². The van der Waals surface area contributed by atoms with Crippen LogP contribution in [0.5, 0.6) is 0 Å². The molecule has 0 saturated heterocycles. The third-order valence-corrected chi connectivity index (χ3v) is 4.41. The van der Waals surface area contributed by atoms with Gasteiger partial charge >= 0.3 is 0 Å². The standard InChI is InChI=1S/C22H22FN3O3/c1-14-8-9-17(12-18(14)23)21(28)25-11-10-24-20(27)13-19-15(2)29-22(26-19)16-6-4-3-5-7-16/h3-9,12H,10-11,13H2,1-2H3,(H,24,27)(H,25,28). The average Bonchev–Trinajstić information content (AvgIpc) is 3.08. The molecule has 6 nitrogen and oxygen atoms in total. The molecular formula is C22H22FN3O3. The molecule has 0 fully saturated rings. The summed E-state index contributed by atoms with van der Waals surface area (Å²) in [7, 11) is 0. The highest BCUT2D eigenvalue weighted by Gasteiger charge is 2.14. The Labute approximate surface area is 168 Å². The molecule has 2 amide bonds. The first kappa shape index (κ1) is 20.3. The molecule has 29 heavy (non-hydrogen) atoms. The van der Waals surface area contributed by atoms with Crippen molar-refractivity contribution < 1.29 is 18.4 Å². The Morgan fingerprint density at radius 3 is 2.48 bits per heavy atom. The zero-order chi connectivity index (χ0) is 20.8. The molecule has 2 N–H and O–H groups in total. The predicted molar refractivity (Wildman–Crippen MR) is 107 cm³/mol. The fourth-order valence-corrected chi connectivity index (χ4v) is 2.72. The molecule has 0 spiro atoms. The molecule has 7 heteroatoms. The van der Waals surface area contributed by atoms with Gasteiger partial charge in [0.25, 0.3) is 5.91 Å². The van der Waals surface area contributed by atoms with Gasteiger partial charge in [0, 0.05) is 24.2 Å². The maximum Gasteiger partial charge on any atom is 0.251 e. The van der Waals surface area contributed by atoms with Crippen molar-refractivity contribution in [3.05, 3.63) is 76.9 Å². The highest BCUT2D eigenvalue weighted by molar-refractivity contribution is 5.94.